The van der Waals surface area contributed by atoms with Crippen molar-refractivity contribution in [1.82, 2.24) is 9.88 Å². The highest BCUT2D eigenvalue weighted by molar-refractivity contribution is 5.98. The van der Waals surface area contributed by atoms with Gasteiger partial charge in [-0.1, -0.05) is 76.8 Å². The van der Waals surface area contributed by atoms with Crippen molar-refractivity contribution in [3.8, 4) is 11.5 Å². The summed E-state index contributed by atoms with van der Waals surface area (Å²) in [4.78, 5) is 26.5. The molecule has 0 aliphatic carbocycles. The first-order valence-corrected chi connectivity index (χ1v) is 15.0. The standard InChI is InChI=1S/C33H46N2O5/c1-6-7-8-9-10-11-12-13-14-17-20-34-32(37)39-27-22-33(2,3)40-26-21-25-28(31(38-5)29(26)27)30(36)23-18-15-16-19-24(23)35(25)4/h15-16,18-19,21,27H,6-14,17,20,22H2,1-5H3,(H,34,37). The highest BCUT2D eigenvalue weighted by Gasteiger charge is 2.39. The van der Waals surface area contributed by atoms with E-state index in [1.807, 2.05) is 55.8 Å². The van der Waals surface area contributed by atoms with Crippen molar-refractivity contribution in [1.29, 1.82) is 0 Å². The second kappa shape index (κ2) is 13.4. The predicted octanol–water partition coefficient (Wildman–Crippen LogP) is 7.95. The van der Waals surface area contributed by atoms with E-state index in [2.05, 4.69) is 12.2 Å². The van der Waals surface area contributed by atoms with Gasteiger partial charge in [0.1, 0.15) is 23.2 Å². The number of nitrogens with one attached hydrogen (secondary N) is 1. The van der Waals surface area contributed by atoms with Gasteiger partial charge in [0.05, 0.1) is 29.1 Å². The summed E-state index contributed by atoms with van der Waals surface area (Å²) in [5.41, 5.74) is 1.47. The zero-order valence-electron chi connectivity index (χ0n) is 24.9. The Morgan fingerprint density at radius 2 is 1.68 bits per heavy atom. The fraction of sp³-hybridized carbons (Fsp3) is 0.576. The number of benzene rings is 2. The third kappa shape index (κ3) is 6.73. The van der Waals surface area contributed by atoms with Gasteiger partial charge in [-0.15, -0.1) is 0 Å². The first-order valence-electron chi connectivity index (χ1n) is 15.0. The van der Waals surface area contributed by atoms with Crippen LogP contribution in [0.1, 0.15) is 103 Å². The molecule has 7 nitrogen and oxygen atoms in total. The highest BCUT2D eigenvalue weighted by Crippen LogP contribution is 2.48. The number of aromatic nitrogens is 1. The zero-order valence-corrected chi connectivity index (χ0v) is 24.9. The van der Waals surface area contributed by atoms with Crippen molar-refractivity contribution < 1.29 is 19.0 Å². The molecule has 1 aromatic heterocycles. The quantitative estimate of drug-likeness (QED) is 0.173. The topological polar surface area (TPSA) is 78.8 Å². The molecule has 1 aliphatic rings. The first kappa shape index (κ1) is 29.8. The minimum Gasteiger partial charge on any atom is -0.495 e. The van der Waals surface area contributed by atoms with Crippen LogP contribution in [-0.4, -0.2) is 29.9 Å². The summed E-state index contributed by atoms with van der Waals surface area (Å²) in [6, 6.07) is 9.40. The number of hydrogen-bond donors (Lipinski definition) is 1. The summed E-state index contributed by atoms with van der Waals surface area (Å²) >= 11 is 0. The van der Waals surface area contributed by atoms with Crippen LogP contribution in [0.2, 0.25) is 0 Å². The number of carbonyl (C=O) groups is 1. The van der Waals surface area contributed by atoms with Crippen molar-refractivity contribution >= 4 is 27.9 Å². The van der Waals surface area contributed by atoms with Crippen molar-refractivity contribution in [2.75, 3.05) is 13.7 Å². The lowest BCUT2D eigenvalue weighted by molar-refractivity contribution is -0.000695. The number of amides is 1. The molecule has 1 N–H and O–H groups in total. The van der Waals surface area contributed by atoms with E-state index < -0.39 is 17.8 Å². The van der Waals surface area contributed by atoms with Gasteiger partial charge < -0.3 is 24.1 Å². The average Bonchev–Trinajstić information content (AvgIpc) is 2.93. The predicted molar refractivity (Wildman–Crippen MR) is 162 cm³/mol. The monoisotopic (exact) mass is 550 g/mol. The van der Waals surface area contributed by atoms with E-state index in [1.165, 1.54) is 51.4 Å². The molecule has 40 heavy (non-hydrogen) atoms. The van der Waals surface area contributed by atoms with Gasteiger partial charge >= 0.3 is 6.09 Å². The number of ether oxygens (including phenoxy) is 3. The number of nitrogens with zero attached hydrogens (tertiary/aromatic N) is 1. The second-order valence-corrected chi connectivity index (χ2v) is 11.7. The first-order chi connectivity index (χ1) is 19.3. The van der Waals surface area contributed by atoms with E-state index >= 15 is 0 Å². The number of para-hydroxylation sites is 1. The minimum atomic E-state index is -0.609. The van der Waals surface area contributed by atoms with Gasteiger partial charge in [0.2, 0.25) is 5.43 Å². The summed E-state index contributed by atoms with van der Waals surface area (Å²) in [7, 11) is 3.48. The Morgan fingerprint density at radius 3 is 2.35 bits per heavy atom. The number of pyridine rings is 1. The van der Waals surface area contributed by atoms with Crippen LogP contribution in [0.4, 0.5) is 4.79 Å². The highest BCUT2D eigenvalue weighted by atomic mass is 16.6. The molecule has 0 bridgehead atoms. The molecule has 0 saturated heterocycles. The van der Waals surface area contributed by atoms with E-state index in [9.17, 15) is 9.59 Å². The molecule has 1 atom stereocenters. The van der Waals surface area contributed by atoms with Crippen LogP contribution in [0.15, 0.2) is 35.1 Å². The Hall–Kier alpha value is -3.22. The molecule has 1 amide bonds. The lowest BCUT2D eigenvalue weighted by Gasteiger charge is -2.38. The van der Waals surface area contributed by atoms with Crippen LogP contribution in [0.3, 0.4) is 0 Å². The van der Waals surface area contributed by atoms with Gasteiger partial charge in [-0.2, -0.15) is 0 Å². The van der Waals surface area contributed by atoms with Gasteiger partial charge in [0, 0.05) is 31.5 Å². The number of fused-ring (bicyclic) bond motifs is 3. The van der Waals surface area contributed by atoms with E-state index in [4.69, 9.17) is 14.2 Å². The number of aryl methyl sites for hydroxylation is 1. The normalized spacial score (nSPS) is 16.0. The maximum atomic E-state index is 13.6. The van der Waals surface area contributed by atoms with Gasteiger partial charge in [-0.25, -0.2) is 4.79 Å². The van der Waals surface area contributed by atoms with Crippen molar-refractivity contribution in [3.63, 3.8) is 0 Å². The molecular weight excluding hydrogens is 504 g/mol. The van der Waals surface area contributed by atoms with Gasteiger partial charge in [0.25, 0.3) is 0 Å². The molecule has 0 radical (unpaired) electrons. The third-order valence-electron chi connectivity index (χ3n) is 8.00. The third-order valence-corrected chi connectivity index (χ3v) is 8.00. The summed E-state index contributed by atoms with van der Waals surface area (Å²) in [6.07, 6.45) is 11.8. The summed E-state index contributed by atoms with van der Waals surface area (Å²) in [5.74, 6) is 0.972. The maximum Gasteiger partial charge on any atom is 0.407 e. The van der Waals surface area contributed by atoms with E-state index in [1.54, 1.807) is 7.11 Å². The van der Waals surface area contributed by atoms with Gasteiger partial charge in [-0.05, 0) is 32.4 Å². The summed E-state index contributed by atoms with van der Waals surface area (Å²) in [5, 5.41) is 4.00. The molecule has 7 heteroatoms. The number of carbonyl (C=O) groups excluding carboxylic acids is 1. The van der Waals surface area contributed by atoms with Crippen molar-refractivity contribution in [2.45, 2.75) is 103 Å². The molecular formula is C33H46N2O5. The number of hydrogen-bond acceptors (Lipinski definition) is 5. The van der Waals surface area contributed by atoms with Gasteiger partial charge in [0.15, 0.2) is 0 Å². The molecule has 0 spiro atoms. The lowest BCUT2D eigenvalue weighted by Crippen LogP contribution is -2.38. The molecule has 1 unspecified atom stereocenters. The maximum absolute atomic E-state index is 13.6. The molecule has 0 fully saturated rings. The van der Waals surface area contributed by atoms with Crippen LogP contribution >= 0.6 is 0 Å². The Labute approximate surface area is 238 Å². The van der Waals surface area contributed by atoms with Crippen LogP contribution in [-0.2, 0) is 11.8 Å². The van der Waals surface area contributed by atoms with Crippen LogP contribution in [0.25, 0.3) is 21.8 Å². The van der Waals surface area contributed by atoms with Crippen molar-refractivity contribution in [2.24, 2.45) is 7.05 Å². The molecule has 1 aliphatic heterocycles. The summed E-state index contributed by atoms with van der Waals surface area (Å²) in [6.45, 7) is 6.78. The Balaban J connectivity index is 1.45. The van der Waals surface area contributed by atoms with E-state index in [0.717, 1.165) is 18.4 Å². The Morgan fingerprint density at radius 1 is 1.02 bits per heavy atom. The Kier molecular flexibility index (Phi) is 9.99. The number of alkyl carbamates (subject to hydrolysis) is 1. The van der Waals surface area contributed by atoms with E-state index in [0.29, 0.717) is 46.3 Å². The van der Waals surface area contributed by atoms with E-state index in [-0.39, 0.29) is 5.43 Å². The fourth-order valence-corrected chi connectivity index (χ4v) is 5.91. The largest absolute Gasteiger partial charge is 0.495 e. The second-order valence-electron chi connectivity index (χ2n) is 11.7. The zero-order chi connectivity index (χ0) is 28.7. The minimum absolute atomic E-state index is 0.114. The number of unbranched alkanes of at least 4 members (excludes halogenated alkanes) is 9. The molecule has 4 rings (SSSR count). The molecule has 2 heterocycles. The summed E-state index contributed by atoms with van der Waals surface area (Å²) < 4.78 is 20.2. The smallest absolute Gasteiger partial charge is 0.407 e. The van der Waals surface area contributed by atoms with Crippen LogP contribution in [0, 0.1) is 0 Å². The van der Waals surface area contributed by atoms with Crippen molar-refractivity contribution in [3.05, 3.63) is 46.1 Å². The lowest BCUT2D eigenvalue weighted by atomic mass is 9.89. The number of rotatable bonds is 13. The van der Waals surface area contributed by atoms with Crippen LogP contribution in [0.5, 0.6) is 11.5 Å². The SMILES string of the molecule is CCCCCCCCCCCCNC(=O)OC1CC(C)(C)Oc2cc3c(c(OC)c21)c(=O)c1ccccc1n3C. The fourth-order valence-electron chi connectivity index (χ4n) is 5.91. The Bertz CT molecular complexity index is 1380. The number of methoxy groups -OCH3 is 1. The van der Waals surface area contributed by atoms with Gasteiger partial charge in [-0.3, -0.25) is 4.79 Å². The molecule has 3 aromatic rings. The van der Waals surface area contributed by atoms with Crippen LogP contribution < -0.4 is 20.2 Å². The average molecular weight is 551 g/mol. The molecule has 0 saturated carbocycles. The molecule has 2 aromatic carbocycles. The molecule has 218 valence electrons.